The molecular weight excluding hydrogens is 150 g/mol. The summed E-state index contributed by atoms with van der Waals surface area (Å²) in [6.45, 7) is 3.83. The number of rotatable bonds is 4. The molecule has 1 unspecified atom stereocenters. The molecule has 0 spiro atoms. The third kappa shape index (κ3) is 3.72. The summed E-state index contributed by atoms with van der Waals surface area (Å²) >= 11 is 5.55. The molecule has 1 N–H and O–H groups in total. The predicted octanol–water partition coefficient (Wildman–Crippen LogP) is 1.53. The molecule has 3 heteroatoms. The van der Waals surface area contributed by atoms with Crippen molar-refractivity contribution in [3.8, 4) is 0 Å². The summed E-state index contributed by atoms with van der Waals surface area (Å²) in [5, 5.41) is 2.80. The standard InChI is InChI=1S/C7H14ClNO/c1-3-6(5-8)9-7(10)4-2/h6H,3-5H2,1-2H3,(H,9,10). The maximum Gasteiger partial charge on any atom is 0.219 e. The summed E-state index contributed by atoms with van der Waals surface area (Å²) in [4.78, 5) is 10.8. The Balaban J connectivity index is 3.52. The van der Waals surface area contributed by atoms with E-state index in [1.807, 2.05) is 13.8 Å². The van der Waals surface area contributed by atoms with Gasteiger partial charge in [0.15, 0.2) is 0 Å². The van der Waals surface area contributed by atoms with Crippen LogP contribution in [0.2, 0.25) is 0 Å². The first-order valence-corrected chi connectivity index (χ1v) is 4.13. The van der Waals surface area contributed by atoms with Crippen LogP contribution in [0, 0.1) is 0 Å². The molecule has 0 aliphatic carbocycles. The van der Waals surface area contributed by atoms with E-state index in [-0.39, 0.29) is 11.9 Å². The van der Waals surface area contributed by atoms with Gasteiger partial charge in [-0.05, 0) is 6.42 Å². The monoisotopic (exact) mass is 163 g/mol. The Morgan fingerprint density at radius 1 is 1.60 bits per heavy atom. The van der Waals surface area contributed by atoms with Crippen LogP contribution in [0.15, 0.2) is 0 Å². The number of carbonyl (C=O) groups excluding carboxylic acids is 1. The van der Waals surface area contributed by atoms with Crippen LogP contribution < -0.4 is 5.32 Å². The van der Waals surface area contributed by atoms with Crippen molar-refractivity contribution >= 4 is 17.5 Å². The van der Waals surface area contributed by atoms with Gasteiger partial charge in [0, 0.05) is 18.3 Å². The van der Waals surface area contributed by atoms with Crippen molar-refractivity contribution in [1.82, 2.24) is 5.32 Å². The third-order valence-corrected chi connectivity index (χ3v) is 1.74. The van der Waals surface area contributed by atoms with Crippen LogP contribution in [0.3, 0.4) is 0 Å². The molecule has 0 radical (unpaired) electrons. The summed E-state index contributed by atoms with van der Waals surface area (Å²) in [5.74, 6) is 0.579. The number of nitrogens with one attached hydrogen (secondary N) is 1. The van der Waals surface area contributed by atoms with E-state index in [1.165, 1.54) is 0 Å². The van der Waals surface area contributed by atoms with Gasteiger partial charge in [0.25, 0.3) is 0 Å². The second kappa shape index (κ2) is 5.54. The fraction of sp³-hybridized carbons (Fsp3) is 0.857. The number of hydrogen-bond donors (Lipinski definition) is 1. The lowest BCUT2D eigenvalue weighted by Crippen LogP contribution is -2.34. The minimum absolute atomic E-state index is 0.0764. The van der Waals surface area contributed by atoms with Crippen molar-refractivity contribution in [3.05, 3.63) is 0 Å². The lowest BCUT2D eigenvalue weighted by molar-refractivity contribution is -0.121. The highest BCUT2D eigenvalue weighted by Crippen LogP contribution is 1.93. The van der Waals surface area contributed by atoms with E-state index >= 15 is 0 Å². The molecule has 2 nitrogen and oxygen atoms in total. The lowest BCUT2D eigenvalue weighted by atomic mass is 10.2. The zero-order valence-electron chi connectivity index (χ0n) is 6.48. The van der Waals surface area contributed by atoms with E-state index < -0.39 is 0 Å². The molecule has 0 aliphatic rings. The van der Waals surface area contributed by atoms with Gasteiger partial charge in [0.05, 0.1) is 0 Å². The van der Waals surface area contributed by atoms with E-state index in [9.17, 15) is 4.79 Å². The van der Waals surface area contributed by atoms with Crippen LogP contribution in [0.4, 0.5) is 0 Å². The SMILES string of the molecule is CCC(=O)NC(CC)CCl. The zero-order chi connectivity index (χ0) is 7.98. The summed E-state index contributed by atoms with van der Waals surface area (Å²) in [5.41, 5.74) is 0. The molecule has 0 aromatic rings. The molecule has 0 saturated heterocycles. The number of hydrogen-bond acceptors (Lipinski definition) is 1. The van der Waals surface area contributed by atoms with Crippen LogP contribution in [0.5, 0.6) is 0 Å². The molecule has 1 atom stereocenters. The van der Waals surface area contributed by atoms with Crippen LogP contribution >= 0.6 is 11.6 Å². The van der Waals surface area contributed by atoms with Gasteiger partial charge in [-0.15, -0.1) is 11.6 Å². The second-order valence-electron chi connectivity index (χ2n) is 2.18. The maximum atomic E-state index is 10.8. The van der Waals surface area contributed by atoms with Crippen LogP contribution in [0.25, 0.3) is 0 Å². The van der Waals surface area contributed by atoms with Gasteiger partial charge in [-0.2, -0.15) is 0 Å². The summed E-state index contributed by atoms with van der Waals surface area (Å²) in [6, 6.07) is 0.147. The second-order valence-corrected chi connectivity index (χ2v) is 2.49. The van der Waals surface area contributed by atoms with Gasteiger partial charge < -0.3 is 5.32 Å². The molecule has 0 fully saturated rings. The summed E-state index contributed by atoms with van der Waals surface area (Å²) in [7, 11) is 0. The molecule has 0 aromatic heterocycles. The molecule has 0 saturated carbocycles. The molecule has 60 valence electrons. The van der Waals surface area contributed by atoms with E-state index in [2.05, 4.69) is 5.32 Å². The van der Waals surface area contributed by atoms with Crippen LogP contribution in [0.1, 0.15) is 26.7 Å². The smallest absolute Gasteiger partial charge is 0.219 e. The quantitative estimate of drug-likeness (QED) is 0.626. The molecule has 0 heterocycles. The molecular formula is C7H14ClNO. The normalized spacial score (nSPS) is 12.7. The molecule has 0 rings (SSSR count). The van der Waals surface area contributed by atoms with Crippen molar-refractivity contribution in [1.29, 1.82) is 0 Å². The summed E-state index contributed by atoms with van der Waals surface area (Å²) < 4.78 is 0. The first kappa shape index (κ1) is 9.76. The number of amides is 1. The molecule has 0 bridgehead atoms. The Labute approximate surface area is 66.9 Å². The first-order chi connectivity index (χ1) is 4.74. The highest BCUT2D eigenvalue weighted by atomic mass is 35.5. The van der Waals surface area contributed by atoms with Crippen LogP contribution in [-0.2, 0) is 4.79 Å². The van der Waals surface area contributed by atoms with Gasteiger partial charge in [-0.3, -0.25) is 4.79 Å². The first-order valence-electron chi connectivity index (χ1n) is 3.59. The average Bonchev–Trinajstić information content (AvgIpc) is 1.99. The van der Waals surface area contributed by atoms with Gasteiger partial charge in [-0.25, -0.2) is 0 Å². The van der Waals surface area contributed by atoms with E-state index in [4.69, 9.17) is 11.6 Å². The highest BCUT2D eigenvalue weighted by molar-refractivity contribution is 6.18. The van der Waals surface area contributed by atoms with E-state index in [1.54, 1.807) is 0 Å². The number of halogens is 1. The minimum Gasteiger partial charge on any atom is -0.352 e. The van der Waals surface area contributed by atoms with Gasteiger partial charge in [-0.1, -0.05) is 13.8 Å². The van der Waals surface area contributed by atoms with Gasteiger partial charge in [0.1, 0.15) is 0 Å². The van der Waals surface area contributed by atoms with Crippen molar-refractivity contribution < 1.29 is 4.79 Å². The van der Waals surface area contributed by atoms with Crippen molar-refractivity contribution in [3.63, 3.8) is 0 Å². The number of alkyl halides is 1. The van der Waals surface area contributed by atoms with Gasteiger partial charge >= 0.3 is 0 Å². The Kier molecular flexibility index (Phi) is 5.40. The molecule has 0 aliphatic heterocycles. The van der Waals surface area contributed by atoms with E-state index in [0.717, 1.165) is 6.42 Å². The summed E-state index contributed by atoms with van der Waals surface area (Å²) in [6.07, 6.45) is 1.43. The van der Waals surface area contributed by atoms with Crippen molar-refractivity contribution in [2.45, 2.75) is 32.7 Å². The number of carbonyl (C=O) groups is 1. The zero-order valence-corrected chi connectivity index (χ0v) is 7.24. The highest BCUT2D eigenvalue weighted by Gasteiger charge is 2.05. The maximum absolute atomic E-state index is 10.8. The molecule has 1 amide bonds. The Bertz CT molecular complexity index is 102. The average molecular weight is 164 g/mol. The molecule has 10 heavy (non-hydrogen) atoms. The minimum atomic E-state index is 0.0764. The van der Waals surface area contributed by atoms with Crippen molar-refractivity contribution in [2.24, 2.45) is 0 Å². The van der Waals surface area contributed by atoms with Crippen LogP contribution in [-0.4, -0.2) is 17.8 Å². The van der Waals surface area contributed by atoms with Gasteiger partial charge in [0.2, 0.25) is 5.91 Å². The largest absolute Gasteiger partial charge is 0.352 e. The fourth-order valence-corrected chi connectivity index (χ4v) is 0.875. The Morgan fingerprint density at radius 3 is 2.50 bits per heavy atom. The topological polar surface area (TPSA) is 29.1 Å². The van der Waals surface area contributed by atoms with E-state index in [0.29, 0.717) is 12.3 Å². The fourth-order valence-electron chi connectivity index (χ4n) is 0.579. The Morgan fingerprint density at radius 2 is 2.20 bits per heavy atom. The lowest BCUT2D eigenvalue weighted by Gasteiger charge is -2.11. The third-order valence-electron chi connectivity index (χ3n) is 1.37. The Hall–Kier alpha value is -0.240. The predicted molar refractivity (Wildman–Crippen MR) is 43.2 cm³/mol. The van der Waals surface area contributed by atoms with Crippen molar-refractivity contribution in [2.75, 3.05) is 5.88 Å². The molecule has 0 aromatic carbocycles.